The summed E-state index contributed by atoms with van der Waals surface area (Å²) in [5, 5.41) is 9.95. The standard InChI is InChI=1S/C17H13ClO3/c18-13-7-9-16(20)15(10-13)17(21)11-14(19)8-6-12-4-2-1-3-5-12/h1-10,20H,11H2/b8-6+. The van der Waals surface area contributed by atoms with Gasteiger partial charge in [0.25, 0.3) is 0 Å². The lowest BCUT2D eigenvalue weighted by Crippen LogP contribution is -2.06. The lowest BCUT2D eigenvalue weighted by molar-refractivity contribution is -0.113. The van der Waals surface area contributed by atoms with Crippen molar-refractivity contribution in [1.29, 1.82) is 0 Å². The molecule has 1 N–H and O–H groups in total. The number of hydrogen-bond donors (Lipinski definition) is 1. The second-order valence-electron chi connectivity index (χ2n) is 4.47. The number of ketones is 2. The van der Waals surface area contributed by atoms with Crippen LogP contribution < -0.4 is 0 Å². The van der Waals surface area contributed by atoms with E-state index in [0.29, 0.717) is 5.02 Å². The molecule has 0 atom stereocenters. The summed E-state index contributed by atoms with van der Waals surface area (Å²) in [6, 6.07) is 13.5. The Balaban J connectivity index is 2.04. The molecule has 0 bridgehead atoms. The van der Waals surface area contributed by atoms with Gasteiger partial charge < -0.3 is 5.11 Å². The smallest absolute Gasteiger partial charge is 0.174 e. The predicted octanol–water partition coefficient (Wildman–Crippen LogP) is 3.90. The minimum atomic E-state index is -0.460. The number of halogens is 1. The van der Waals surface area contributed by atoms with E-state index in [4.69, 9.17) is 11.6 Å². The first kappa shape index (κ1) is 15.0. The fraction of sp³-hybridized carbons (Fsp3) is 0.0588. The molecule has 0 aromatic heterocycles. The van der Waals surface area contributed by atoms with Crippen LogP contribution in [-0.2, 0) is 4.79 Å². The summed E-state index contributed by atoms with van der Waals surface area (Å²) >= 11 is 5.78. The zero-order valence-corrected chi connectivity index (χ0v) is 11.9. The van der Waals surface area contributed by atoms with Gasteiger partial charge in [0.2, 0.25) is 0 Å². The fourth-order valence-electron chi connectivity index (χ4n) is 1.80. The summed E-state index contributed by atoms with van der Waals surface area (Å²) in [7, 11) is 0. The van der Waals surface area contributed by atoms with Crippen molar-refractivity contribution in [1.82, 2.24) is 0 Å². The van der Waals surface area contributed by atoms with Crippen molar-refractivity contribution in [3.8, 4) is 5.75 Å². The maximum Gasteiger partial charge on any atom is 0.174 e. The quantitative estimate of drug-likeness (QED) is 0.517. The molecular weight excluding hydrogens is 288 g/mol. The summed E-state index contributed by atoms with van der Waals surface area (Å²) < 4.78 is 0. The van der Waals surface area contributed by atoms with Gasteiger partial charge in [0.1, 0.15) is 5.75 Å². The van der Waals surface area contributed by atoms with Crippen molar-refractivity contribution < 1.29 is 14.7 Å². The average Bonchev–Trinajstić information content (AvgIpc) is 2.48. The van der Waals surface area contributed by atoms with Crippen LogP contribution in [0.1, 0.15) is 22.3 Å². The third-order valence-electron chi connectivity index (χ3n) is 2.86. The van der Waals surface area contributed by atoms with Gasteiger partial charge in [-0.15, -0.1) is 0 Å². The Hall–Kier alpha value is -2.39. The molecule has 0 heterocycles. The van der Waals surface area contributed by atoms with Crippen molar-refractivity contribution in [3.05, 3.63) is 70.8 Å². The van der Waals surface area contributed by atoms with Crippen LogP contribution in [0.15, 0.2) is 54.6 Å². The van der Waals surface area contributed by atoms with Crippen molar-refractivity contribution in [3.63, 3.8) is 0 Å². The Bertz CT molecular complexity index is 690. The van der Waals surface area contributed by atoms with E-state index < -0.39 is 5.78 Å². The lowest BCUT2D eigenvalue weighted by Gasteiger charge is -2.02. The SMILES string of the molecule is O=C(/C=C/c1ccccc1)CC(=O)c1cc(Cl)ccc1O. The Labute approximate surface area is 127 Å². The molecule has 106 valence electrons. The molecule has 0 fully saturated rings. The van der Waals surface area contributed by atoms with Crippen LogP contribution in [0.25, 0.3) is 6.08 Å². The molecule has 2 aromatic rings. The molecule has 2 aromatic carbocycles. The first-order valence-electron chi connectivity index (χ1n) is 6.34. The number of rotatable bonds is 5. The Morgan fingerprint density at radius 1 is 1.10 bits per heavy atom. The van der Waals surface area contributed by atoms with Gasteiger partial charge in [0.15, 0.2) is 11.6 Å². The molecule has 2 rings (SSSR count). The summed E-state index contributed by atoms with van der Waals surface area (Å²) in [6.07, 6.45) is 2.69. The highest BCUT2D eigenvalue weighted by molar-refractivity contribution is 6.31. The molecule has 0 aliphatic heterocycles. The summed E-state index contributed by atoms with van der Waals surface area (Å²) in [5.41, 5.74) is 0.938. The van der Waals surface area contributed by atoms with Gasteiger partial charge in [-0.25, -0.2) is 0 Å². The van der Waals surface area contributed by atoms with Gasteiger partial charge in [-0.05, 0) is 29.8 Å². The minimum absolute atomic E-state index is 0.0592. The maximum absolute atomic E-state index is 12.0. The average molecular weight is 301 g/mol. The number of phenolic OH excluding ortho intramolecular Hbond substituents is 1. The summed E-state index contributed by atoms with van der Waals surface area (Å²) in [6.45, 7) is 0. The highest BCUT2D eigenvalue weighted by Crippen LogP contribution is 2.22. The number of benzene rings is 2. The number of Topliss-reactive ketones (excluding diaryl/α,β-unsaturated/α-hetero) is 1. The number of phenols is 1. The van der Waals surface area contributed by atoms with Gasteiger partial charge in [0, 0.05) is 5.02 Å². The van der Waals surface area contributed by atoms with Crippen LogP contribution in [0.3, 0.4) is 0 Å². The molecule has 0 saturated heterocycles. The third-order valence-corrected chi connectivity index (χ3v) is 3.09. The van der Waals surface area contributed by atoms with Crippen LogP contribution in [0.4, 0.5) is 0 Å². The monoisotopic (exact) mass is 300 g/mol. The van der Waals surface area contributed by atoms with E-state index in [0.717, 1.165) is 5.56 Å². The Morgan fingerprint density at radius 2 is 1.81 bits per heavy atom. The van der Waals surface area contributed by atoms with Crippen molar-refractivity contribution >= 4 is 29.2 Å². The van der Waals surface area contributed by atoms with Crippen molar-refractivity contribution in [2.45, 2.75) is 6.42 Å². The second kappa shape index (κ2) is 6.86. The zero-order chi connectivity index (χ0) is 15.2. The van der Waals surface area contributed by atoms with Gasteiger partial charge >= 0.3 is 0 Å². The molecule has 0 saturated carbocycles. The van der Waals surface area contributed by atoms with Gasteiger partial charge in [0.05, 0.1) is 12.0 Å². The molecule has 21 heavy (non-hydrogen) atoms. The normalized spacial score (nSPS) is 10.7. The van der Waals surface area contributed by atoms with Crippen molar-refractivity contribution in [2.24, 2.45) is 0 Å². The third kappa shape index (κ3) is 4.29. The lowest BCUT2D eigenvalue weighted by atomic mass is 10.0. The molecule has 3 nitrogen and oxygen atoms in total. The molecule has 0 radical (unpaired) electrons. The number of allylic oxidation sites excluding steroid dienone is 1. The van der Waals surface area contributed by atoms with E-state index in [1.807, 2.05) is 30.3 Å². The van der Waals surface area contributed by atoms with E-state index in [2.05, 4.69) is 0 Å². The Kier molecular flexibility index (Phi) is 4.90. The minimum Gasteiger partial charge on any atom is -0.507 e. The van der Waals surface area contributed by atoms with Crippen molar-refractivity contribution in [2.75, 3.05) is 0 Å². The van der Waals surface area contributed by atoms with Gasteiger partial charge in [-0.3, -0.25) is 9.59 Å². The predicted molar refractivity (Wildman–Crippen MR) is 82.5 cm³/mol. The molecule has 0 aliphatic carbocycles. The molecule has 0 amide bonds. The van der Waals surface area contributed by atoms with Crippen LogP contribution in [-0.4, -0.2) is 16.7 Å². The summed E-state index contributed by atoms with van der Waals surface area (Å²) in [4.78, 5) is 23.7. The number of carbonyl (C=O) groups excluding carboxylic acids is 2. The highest BCUT2D eigenvalue weighted by atomic mass is 35.5. The largest absolute Gasteiger partial charge is 0.507 e. The maximum atomic E-state index is 12.0. The number of aromatic hydroxyl groups is 1. The van der Waals surface area contributed by atoms with Gasteiger partial charge in [-0.1, -0.05) is 48.0 Å². The first-order valence-corrected chi connectivity index (χ1v) is 6.72. The second-order valence-corrected chi connectivity index (χ2v) is 4.91. The van der Waals surface area contributed by atoms with Crippen LogP contribution in [0.5, 0.6) is 5.75 Å². The van der Waals surface area contributed by atoms with E-state index in [1.165, 1.54) is 24.3 Å². The molecular formula is C17H13ClO3. The number of hydrogen-bond acceptors (Lipinski definition) is 3. The van der Waals surface area contributed by atoms with Gasteiger partial charge in [-0.2, -0.15) is 0 Å². The van der Waals surface area contributed by atoms with Crippen LogP contribution in [0, 0.1) is 0 Å². The number of carbonyl (C=O) groups is 2. The Morgan fingerprint density at radius 3 is 2.52 bits per heavy atom. The van der Waals surface area contributed by atoms with Crippen LogP contribution in [0.2, 0.25) is 5.02 Å². The first-order chi connectivity index (χ1) is 10.1. The van der Waals surface area contributed by atoms with E-state index >= 15 is 0 Å². The van der Waals surface area contributed by atoms with Crippen LogP contribution >= 0.6 is 11.6 Å². The van der Waals surface area contributed by atoms with E-state index in [9.17, 15) is 14.7 Å². The molecule has 0 unspecified atom stereocenters. The fourth-order valence-corrected chi connectivity index (χ4v) is 1.97. The zero-order valence-electron chi connectivity index (χ0n) is 11.1. The highest BCUT2D eigenvalue weighted by Gasteiger charge is 2.14. The molecule has 0 spiro atoms. The summed E-state index contributed by atoms with van der Waals surface area (Å²) in [5.74, 6) is -0.967. The molecule has 4 heteroatoms. The topological polar surface area (TPSA) is 54.4 Å². The van der Waals surface area contributed by atoms with E-state index in [1.54, 1.807) is 6.08 Å². The molecule has 0 aliphatic rings. The van der Waals surface area contributed by atoms with E-state index in [-0.39, 0.29) is 23.5 Å².